The number of phenols is 1. The predicted molar refractivity (Wildman–Crippen MR) is 136 cm³/mol. The van der Waals surface area contributed by atoms with Crippen molar-refractivity contribution in [3.63, 3.8) is 0 Å². The molecule has 0 aliphatic carbocycles. The van der Waals surface area contributed by atoms with Gasteiger partial charge in [-0.15, -0.1) is 10.2 Å². The number of rotatable bonds is 8. The standard InChI is InChI=1S/C24H20BrN5O3S/c1-33-21-13-16(7-12-20(21)31)14-26-27-22(32)15-34-24-29-28-23(17-8-10-18(25)11-9-17)30(24)19-5-3-2-4-6-19/h2-14,31H,15H2,1H3,(H,27,32)/b26-14-. The first-order chi connectivity index (χ1) is 16.5. The lowest BCUT2D eigenvalue weighted by atomic mass is 10.2. The molecule has 8 nitrogen and oxygen atoms in total. The Balaban J connectivity index is 1.47. The number of thioether (sulfide) groups is 1. The molecule has 0 radical (unpaired) electrons. The van der Waals surface area contributed by atoms with Gasteiger partial charge in [0.1, 0.15) is 0 Å². The quantitative estimate of drug-likeness (QED) is 0.192. The molecule has 4 rings (SSSR count). The van der Waals surface area contributed by atoms with Crippen molar-refractivity contribution in [3.05, 3.63) is 82.8 Å². The van der Waals surface area contributed by atoms with E-state index in [-0.39, 0.29) is 17.4 Å². The van der Waals surface area contributed by atoms with E-state index in [2.05, 4.69) is 36.7 Å². The maximum Gasteiger partial charge on any atom is 0.250 e. The number of carbonyl (C=O) groups excluding carboxylic acids is 1. The second kappa shape index (κ2) is 11.0. The molecule has 34 heavy (non-hydrogen) atoms. The Bertz CT molecular complexity index is 1310. The van der Waals surface area contributed by atoms with Crippen LogP contribution in [0.5, 0.6) is 11.5 Å². The number of ether oxygens (including phenoxy) is 1. The summed E-state index contributed by atoms with van der Waals surface area (Å²) < 4.78 is 7.96. The fraction of sp³-hybridized carbons (Fsp3) is 0.0833. The second-order valence-electron chi connectivity index (χ2n) is 7.00. The minimum absolute atomic E-state index is 0.0325. The van der Waals surface area contributed by atoms with Crippen LogP contribution in [0.2, 0.25) is 0 Å². The van der Waals surface area contributed by atoms with Gasteiger partial charge < -0.3 is 9.84 Å². The number of para-hydroxylation sites is 1. The molecule has 1 amide bonds. The summed E-state index contributed by atoms with van der Waals surface area (Å²) in [6.07, 6.45) is 1.47. The Hall–Kier alpha value is -3.63. The highest BCUT2D eigenvalue weighted by molar-refractivity contribution is 9.10. The van der Waals surface area contributed by atoms with Crippen LogP contribution in [0.3, 0.4) is 0 Å². The van der Waals surface area contributed by atoms with E-state index >= 15 is 0 Å². The molecular formula is C24H20BrN5O3S. The van der Waals surface area contributed by atoms with Crippen LogP contribution in [0.25, 0.3) is 17.1 Å². The van der Waals surface area contributed by atoms with Crippen LogP contribution in [0.4, 0.5) is 0 Å². The number of aromatic hydroxyl groups is 1. The van der Waals surface area contributed by atoms with Gasteiger partial charge in [0.2, 0.25) is 0 Å². The summed E-state index contributed by atoms with van der Waals surface area (Å²) in [7, 11) is 1.46. The molecule has 0 fully saturated rings. The highest BCUT2D eigenvalue weighted by Gasteiger charge is 2.17. The number of carbonyl (C=O) groups is 1. The van der Waals surface area contributed by atoms with E-state index < -0.39 is 0 Å². The minimum Gasteiger partial charge on any atom is -0.504 e. The van der Waals surface area contributed by atoms with Crippen LogP contribution in [0, 0.1) is 0 Å². The summed E-state index contributed by atoms with van der Waals surface area (Å²) in [5.41, 5.74) is 4.98. The number of nitrogens with one attached hydrogen (secondary N) is 1. The lowest BCUT2D eigenvalue weighted by Crippen LogP contribution is -2.20. The molecule has 1 heterocycles. The molecule has 2 N–H and O–H groups in total. The molecule has 172 valence electrons. The Morgan fingerprint density at radius 3 is 2.65 bits per heavy atom. The van der Waals surface area contributed by atoms with Gasteiger partial charge in [0.05, 0.1) is 19.1 Å². The molecular weight excluding hydrogens is 518 g/mol. The first-order valence-corrected chi connectivity index (χ1v) is 11.9. The third-order valence-electron chi connectivity index (χ3n) is 4.69. The summed E-state index contributed by atoms with van der Waals surface area (Å²) >= 11 is 4.72. The first kappa shape index (κ1) is 23.5. The number of hydrogen-bond acceptors (Lipinski definition) is 7. The summed E-state index contributed by atoms with van der Waals surface area (Å²) in [6, 6.07) is 22.3. The molecule has 1 aromatic heterocycles. The van der Waals surface area contributed by atoms with Gasteiger partial charge in [0, 0.05) is 15.7 Å². The van der Waals surface area contributed by atoms with Crippen molar-refractivity contribution in [2.45, 2.75) is 5.16 Å². The highest BCUT2D eigenvalue weighted by atomic mass is 79.9. The van der Waals surface area contributed by atoms with Gasteiger partial charge in [-0.1, -0.05) is 58.0 Å². The Morgan fingerprint density at radius 2 is 1.91 bits per heavy atom. The molecule has 4 aromatic rings. The zero-order valence-electron chi connectivity index (χ0n) is 18.1. The number of hydrogen-bond donors (Lipinski definition) is 2. The van der Waals surface area contributed by atoms with E-state index in [1.54, 1.807) is 12.1 Å². The van der Waals surface area contributed by atoms with Crippen LogP contribution >= 0.6 is 27.7 Å². The van der Waals surface area contributed by atoms with Crippen molar-refractivity contribution in [2.24, 2.45) is 5.10 Å². The van der Waals surface area contributed by atoms with Crippen LogP contribution in [0.15, 0.2) is 87.5 Å². The van der Waals surface area contributed by atoms with Crippen LogP contribution in [-0.2, 0) is 4.79 Å². The van der Waals surface area contributed by atoms with E-state index in [1.807, 2.05) is 59.2 Å². The van der Waals surface area contributed by atoms with Crippen LogP contribution in [-0.4, -0.2) is 44.9 Å². The van der Waals surface area contributed by atoms with Crippen molar-refractivity contribution in [1.82, 2.24) is 20.2 Å². The number of nitrogens with zero attached hydrogens (tertiary/aromatic N) is 4. The zero-order chi connectivity index (χ0) is 23.9. The Kier molecular flexibility index (Phi) is 7.61. The third-order valence-corrected chi connectivity index (χ3v) is 6.15. The van der Waals surface area contributed by atoms with Crippen molar-refractivity contribution in [1.29, 1.82) is 0 Å². The Morgan fingerprint density at radius 1 is 1.15 bits per heavy atom. The zero-order valence-corrected chi connectivity index (χ0v) is 20.5. The SMILES string of the molecule is COc1cc(/C=N\NC(=O)CSc2nnc(-c3ccc(Br)cc3)n2-c2ccccc2)ccc1O. The molecule has 0 unspecified atom stereocenters. The van der Waals surface area contributed by atoms with Crippen molar-refractivity contribution in [3.8, 4) is 28.6 Å². The van der Waals surface area contributed by atoms with Crippen molar-refractivity contribution < 1.29 is 14.6 Å². The topological polar surface area (TPSA) is 102 Å². The molecule has 10 heteroatoms. The van der Waals surface area contributed by atoms with Crippen molar-refractivity contribution in [2.75, 3.05) is 12.9 Å². The van der Waals surface area contributed by atoms with Gasteiger partial charge in [0.25, 0.3) is 5.91 Å². The van der Waals surface area contributed by atoms with E-state index in [0.717, 1.165) is 15.7 Å². The fourth-order valence-electron chi connectivity index (χ4n) is 3.07. The monoisotopic (exact) mass is 537 g/mol. The number of methoxy groups -OCH3 is 1. The normalized spacial score (nSPS) is 11.0. The average molecular weight is 538 g/mol. The Labute approximate surface area is 208 Å². The maximum absolute atomic E-state index is 12.4. The van der Waals surface area contributed by atoms with E-state index in [0.29, 0.717) is 22.3 Å². The minimum atomic E-state index is -0.292. The van der Waals surface area contributed by atoms with Crippen LogP contribution in [0.1, 0.15) is 5.56 Å². The molecule has 0 aliphatic heterocycles. The van der Waals surface area contributed by atoms with E-state index in [1.165, 1.54) is 31.2 Å². The number of hydrazone groups is 1. The molecule has 3 aromatic carbocycles. The summed E-state index contributed by atoms with van der Waals surface area (Å²) in [6.45, 7) is 0. The fourth-order valence-corrected chi connectivity index (χ4v) is 4.08. The lowest BCUT2D eigenvalue weighted by molar-refractivity contribution is -0.118. The largest absolute Gasteiger partial charge is 0.504 e. The van der Waals surface area contributed by atoms with Gasteiger partial charge in [-0.2, -0.15) is 5.10 Å². The smallest absolute Gasteiger partial charge is 0.250 e. The summed E-state index contributed by atoms with van der Waals surface area (Å²) in [5.74, 6) is 0.847. The van der Waals surface area contributed by atoms with Gasteiger partial charge >= 0.3 is 0 Å². The molecule has 0 aliphatic rings. The maximum atomic E-state index is 12.4. The molecule has 0 bridgehead atoms. The molecule has 0 saturated heterocycles. The number of amides is 1. The third kappa shape index (κ3) is 5.64. The van der Waals surface area contributed by atoms with Gasteiger partial charge in [-0.05, 0) is 48.0 Å². The first-order valence-electron chi connectivity index (χ1n) is 10.1. The summed E-state index contributed by atoms with van der Waals surface area (Å²) in [5, 5.41) is 22.9. The predicted octanol–water partition coefficient (Wildman–Crippen LogP) is 4.65. The van der Waals surface area contributed by atoms with E-state index in [9.17, 15) is 9.90 Å². The second-order valence-corrected chi connectivity index (χ2v) is 8.86. The van der Waals surface area contributed by atoms with Gasteiger partial charge in [0.15, 0.2) is 22.5 Å². The highest BCUT2D eigenvalue weighted by Crippen LogP contribution is 2.29. The summed E-state index contributed by atoms with van der Waals surface area (Å²) in [4.78, 5) is 12.4. The van der Waals surface area contributed by atoms with Gasteiger partial charge in [-0.3, -0.25) is 9.36 Å². The molecule has 0 spiro atoms. The van der Waals surface area contributed by atoms with Crippen molar-refractivity contribution >= 4 is 39.8 Å². The van der Waals surface area contributed by atoms with E-state index in [4.69, 9.17) is 4.74 Å². The van der Waals surface area contributed by atoms with Gasteiger partial charge in [-0.25, -0.2) is 5.43 Å². The molecule has 0 saturated carbocycles. The molecule has 0 atom stereocenters. The number of aromatic nitrogens is 3. The number of benzene rings is 3. The number of halogens is 1. The van der Waals surface area contributed by atoms with Crippen LogP contribution < -0.4 is 10.2 Å². The number of phenolic OH excluding ortho intramolecular Hbond substituents is 1. The lowest BCUT2D eigenvalue weighted by Gasteiger charge is -2.10. The average Bonchev–Trinajstić information content (AvgIpc) is 3.28.